The Morgan fingerprint density at radius 2 is 1.12 bits per heavy atom. The number of para-hydroxylation sites is 2. The molecule has 0 amide bonds. The zero-order valence-electron chi connectivity index (χ0n) is 27.9. The summed E-state index contributed by atoms with van der Waals surface area (Å²) >= 11 is 0. The van der Waals surface area contributed by atoms with Crippen LogP contribution in [-0.4, -0.2) is 8.97 Å². The van der Waals surface area contributed by atoms with E-state index < -0.39 is 0 Å². The van der Waals surface area contributed by atoms with Crippen molar-refractivity contribution in [3.8, 4) is 16.8 Å². The topological polar surface area (TPSA) is 26.4 Å². The highest BCUT2D eigenvalue weighted by atomic mass is 16.1. The Kier molecular flexibility index (Phi) is 5.38. The molecule has 0 saturated heterocycles. The lowest BCUT2D eigenvalue weighted by molar-refractivity contribution is 0.661. The van der Waals surface area contributed by atoms with Crippen molar-refractivity contribution in [1.82, 2.24) is 8.97 Å². The van der Waals surface area contributed by atoms with Crippen LogP contribution in [0.3, 0.4) is 0 Å². The van der Waals surface area contributed by atoms with Crippen LogP contribution in [0.1, 0.15) is 36.1 Å². The van der Waals surface area contributed by atoms with Crippen LogP contribution in [-0.2, 0) is 11.8 Å². The summed E-state index contributed by atoms with van der Waals surface area (Å²) in [6, 6.07) is 52.5. The fourth-order valence-electron chi connectivity index (χ4n) is 9.16. The maximum atomic E-state index is 14.3. The molecule has 3 heterocycles. The van der Waals surface area contributed by atoms with Gasteiger partial charge in [-0.3, -0.25) is 9.20 Å². The molecule has 0 bridgehead atoms. The maximum Gasteiger partial charge on any atom is 0.263 e. The normalized spacial score (nSPS) is 13.7. The van der Waals surface area contributed by atoms with E-state index in [2.05, 4.69) is 146 Å². The molecule has 10 aromatic rings. The van der Waals surface area contributed by atoms with Crippen LogP contribution < -0.4 is 5.56 Å². The van der Waals surface area contributed by atoms with E-state index >= 15 is 0 Å². The molecule has 3 nitrogen and oxygen atoms in total. The van der Waals surface area contributed by atoms with Crippen LogP contribution in [0.15, 0.2) is 150 Å². The third-order valence-electron chi connectivity index (χ3n) is 11.4. The van der Waals surface area contributed by atoms with Gasteiger partial charge in [-0.2, -0.15) is 0 Å². The molecule has 0 radical (unpaired) electrons. The maximum absolute atomic E-state index is 14.3. The minimum Gasteiger partial charge on any atom is -0.309 e. The lowest BCUT2D eigenvalue weighted by Crippen LogP contribution is -2.16. The molecule has 0 saturated carbocycles. The fraction of sp³-hybridized carbons (Fsp3) is 0.0851. The Bertz CT molecular complexity index is 3110. The van der Waals surface area contributed by atoms with Gasteiger partial charge in [0.1, 0.15) is 0 Å². The van der Waals surface area contributed by atoms with Crippen molar-refractivity contribution in [2.75, 3.05) is 0 Å². The second-order valence-corrected chi connectivity index (χ2v) is 14.5. The molecule has 0 aliphatic heterocycles. The van der Waals surface area contributed by atoms with Crippen LogP contribution in [0.2, 0.25) is 0 Å². The Labute approximate surface area is 288 Å². The molecule has 3 aromatic heterocycles. The van der Waals surface area contributed by atoms with Crippen LogP contribution in [0.5, 0.6) is 0 Å². The van der Waals surface area contributed by atoms with Crippen molar-refractivity contribution in [3.05, 3.63) is 178 Å². The average Bonchev–Trinajstić information content (AvgIpc) is 3.73. The van der Waals surface area contributed by atoms with E-state index in [1.54, 1.807) is 0 Å². The fourth-order valence-corrected chi connectivity index (χ4v) is 9.16. The van der Waals surface area contributed by atoms with Gasteiger partial charge in [0.25, 0.3) is 5.56 Å². The highest BCUT2D eigenvalue weighted by molar-refractivity contribution is 6.21. The lowest BCUT2D eigenvalue weighted by atomic mass is 9.82. The number of hydrogen-bond acceptors (Lipinski definition) is 1. The zero-order chi connectivity index (χ0) is 33.3. The predicted octanol–water partition coefficient (Wildman–Crippen LogP) is 11.2. The van der Waals surface area contributed by atoms with Gasteiger partial charge in [-0.05, 0) is 106 Å². The first kappa shape index (κ1) is 27.7. The third-order valence-corrected chi connectivity index (χ3v) is 11.4. The van der Waals surface area contributed by atoms with Crippen molar-refractivity contribution in [3.63, 3.8) is 0 Å². The van der Waals surface area contributed by atoms with Gasteiger partial charge in [-0.25, -0.2) is 0 Å². The number of hydrogen-bond donors (Lipinski definition) is 0. The van der Waals surface area contributed by atoms with Gasteiger partial charge in [0.05, 0.1) is 22.1 Å². The molecule has 0 unspecified atom stereocenters. The van der Waals surface area contributed by atoms with Gasteiger partial charge in [-0.15, -0.1) is 0 Å². The Balaban J connectivity index is 1.17. The second kappa shape index (κ2) is 9.71. The first-order chi connectivity index (χ1) is 24.5. The van der Waals surface area contributed by atoms with Crippen LogP contribution in [0.4, 0.5) is 0 Å². The molecule has 50 heavy (non-hydrogen) atoms. The number of fused-ring (bicyclic) bond motifs is 11. The molecular weight excluding hydrogens is 609 g/mol. The summed E-state index contributed by atoms with van der Waals surface area (Å²) in [6.45, 7) is 4.61. The van der Waals surface area contributed by atoms with E-state index in [4.69, 9.17) is 0 Å². The Morgan fingerprint density at radius 1 is 0.480 bits per heavy atom. The van der Waals surface area contributed by atoms with Crippen LogP contribution >= 0.6 is 0 Å². The number of nitrogens with zero attached hydrogens (tertiary/aromatic N) is 2. The highest BCUT2D eigenvalue weighted by Crippen LogP contribution is 2.51. The summed E-state index contributed by atoms with van der Waals surface area (Å²) < 4.78 is 4.36. The minimum atomic E-state index is -0.150. The Morgan fingerprint density at radius 3 is 1.96 bits per heavy atom. The smallest absolute Gasteiger partial charge is 0.263 e. The summed E-state index contributed by atoms with van der Waals surface area (Å²) in [6.07, 6.45) is 0.785. The van der Waals surface area contributed by atoms with Crippen molar-refractivity contribution in [1.29, 1.82) is 0 Å². The molecule has 11 rings (SSSR count). The Hall–Kier alpha value is -6.19. The summed E-state index contributed by atoms with van der Waals surface area (Å²) in [5.41, 5.74) is 13.2. The summed E-state index contributed by atoms with van der Waals surface area (Å²) in [4.78, 5) is 14.3. The number of aromatic nitrogens is 2. The molecule has 0 spiro atoms. The van der Waals surface area contributed by atoms with Gasteiger partial charge >= 0.3 is 0 Å². The zero-order valence-corrected chi connectivity index (χ0v) is 27.9. The van der Waals surface area contributed by atoms with Gasteiger partial charge in [0.2, 0.25) is 0 Å². The van der Waals surface area contributed by atoms with Crippen molar-refractivity contribution in [2.45, 2.75) is 25.7 Å². The number of rotatable bonds is 3. The van der Waals surface area contributed by atoms with Gasteiger partial charge < -0.3 is 4.57 Å². The molecule has 7 aromatic carbocycles. The standard InChI is InChI=1S/C47H32N2O/c1-47(2)40-18-10-8-15-32(40)35-26-37-39-25-29(24-38-31-14-6-7-17-34(31)46(50)49(45(38)39)44(37)27-41(35)47)22-28-20-21-43-36(23-28)33-16-9-11-19-42(33)48(43)30-12-4-3-5-13-30/h3-21,23-27H,22H2,1-2H3. The quantitative estimate of drug-likeness (QED) is 0.177. The minimum absolute atomic E-state index is 0.0503. The van der Waals surface area contributed by atoms with E-state index in [1.807, 2.05) is 22.6 Å². The monoisotopic (exact) mass is 640 g/mol. The third kappa shape index (κ3) is 3.56. The molecule has 0 fully saturated rings. The molecular formula is C47H32N2O. The second-order valence-electron chi connectivity index (χ2n) is 14.5. The number of benzene rings is 7. The molecule has 0 atom stereocenters. The summed E-state index contributed by atoms with van der Waals surface area (Å²) in [5, 5.41) is 7.69. The van der Waals surface area contributed by atoms with Crippen LogP contribution in [0, 0.1) is 0 Å². The first-order valence-electron chi connectivity index (χ1n) is 17.4. The molecule has 1 aliphatic rings. The highest BCUT2D eigenvalue weighted by Gasteiger charge is 2.36. The SMILES string of the molecule is CC1(C)c2ccccc2-c2cc3c4cc(Cc5ccc6c(c5)c5ccccc5n6-c5ccccc5)cc5c6ccccc6c(=O)n(c3cc21)c54. The first-order valence-corrected chi connectivity index (χ1v) is 17.4. The van der Waals surface area contributed by atoms with Gasteiger partial charge in [0, 0.05) is 43.4 Å². The average molecular weight is 641 g/mol. The molecule has 236 valence electrons. The molecule has 0 N–H and O–H groups in total. The van der Waals surface area contributed by atoms with Gasteiger partial charge in [0.15, 0.2) is 0 Å². The van der Waals surface area contributed by atoms with E-state index in [0.717, 1.165) is 50.1 Å². The van der Waals surface area contributed by atoms with E-state index in [-0.39, 0.29) is 11.0 Å². The summed E-state index contributed by atoms with van der Waals surface area (Å²) in [5.74, 6) is 0. The summed E-state index contributed by atoms with van der Waals surface area (Å²) in [7, 11) is 0. The molecule has 1 aliphatic carbocycles. The van der Waals surface area contributed by atoms with Crippen molar-refractivity contribution >= 4 is 59.8 Å². The van der Waals surface area contributed by atoms with Crippen molar-refractivity contribution in [2.24, 2.45) is 0 Å². The van der Waals surface area contributed by atoms with Gasteiger partial charge in [-0.1, -0.05) is 98.8 Å². The lowest BCUT2D eigenvalue weighted by Gasteiger charge is -2.21. The predicted molar refractivity (Wildman–Crippen MR) is 209 cm³/mol. The largest absolute Gasteiger partial charge is 0.309 e. The van der Waals surface area contributed by atoms with Crippen molar-refractivity contribution < 1.29 is 0 Å². The number of pyridine rings is 1. The van der Waals surface area contributed by atoms with E-state index in [1.165, 1.54) is 55.2 Å². The van der Waals surface area contributed by atoms with Crippen LogP contribution in [0.25, 0.3) is 76.6 Å². The van der Waals surface area contributed by atoms with E-state index in [0.29, 0.717) is 0 Å². The van der Waals surface area contributed by atoms with E-state index in [9.17, 15) is 4.79 Å². The molecule has 3 heteroatoms.